The molecule has 0 atom stereocenters. The number of pyridine rings is 1. The van der Waals surface area contributed by atoms with E-state index in [0.29, 0.717) is 22.9 Å². The van der Waals surface area contributed by atoms with Crippen molar-refractivity contribution < 1.29 is 9.90 Å². The van der Waals surface area contributed by atoms with Crippen LogP contribution in [0.25, 0.3) is 11.0 Å². The molecule has 1 amide bonds. The number of carbonyl (C=O) groups is 1. The highest BCUT2D eigenvalue weighted by Crippen LogP contribution is 2.26. The number of hydrogen-bond acceptors (Lipinski definition) is 4. The predicted molar refractivity (Wildman–Crippen MR) is 107 cm³/mol. The predicted octanol–water partition coefficient (Wildman–Crippen LogP) is 3.38. The monoisotopic (exact) mass is 394 g/mol. The fourth-order valence-corrected chi connectivity index (χ4v) is 3.14. The van der Waals surface area contributed by atoms with Gasteiger partial charge in [-0.1, -0.05) is 48.0 Å². The Labute approximate surface area is 164 Å². The Kier molecular flexibility index (Phi) is 4.58. The number of benzene rings is 2. The van der Waals surface area contributed by atoms with Gasteiger partial charge in [0, 0.05) is 10.7 Å². The number of aromatic nitrogens is 3. The summed E-state index contributed by atoms with van der Waals surface area (Å²) in [5, 5.41) is 18.1. The van der Waals surface area contributed by atoms with Gasteiger partial charge in [0.15, 0.2) is 0 Å². The standard InChI is InChI=1S/C20H15ClN4O3/c21-13-7-4-8-14(9-13)23-19(27)16-17(26)15-10-22-25(18(15)24-20(16)28)11-12-5-2-1-3-6-12/h1-10H,11H2,(H,23,27)(H2,24,26,28). The molecule has 0 aliphatic carbocycles. The summed E-state index contributed by atoms with van der Waals surface area (Å²) in [5.41, 5.74) is 0.642. The lowest BCUT2D eigenvalue weighted by Crippen LogP contribution is -2.24. The number of nitrogens with one attached hydrogen (secondary N) is 2. The highest BCUT2D eigenvalue weighted by atomic mass is 35.5. The van der Waals surface area contributed by atoms with Gasteiger partial charge in [0.1, 0.15) is 17.0 Å². The van der Waals surface area contributed by atoms with Crippen molar-refractivity contribution in [1.82, 2.24) is 14.8 Å². The highest BCUT2D eigenvalue weighted by Gasteiger charge is 2.21. The zero-order valence-corrected chi connectivity index (χ0v) is 15.3. The van der Waals surface area contributed by atoms with Gasteiger partial charge >= 0.3 is 0 Å². The molecule has 0 fully saturated rings. The molecule has 4 aromatic rings. The number of halogens is 1. The molecule has 0 saturated heterocycles. The largest absolute Gasteiger partial charge is 0.506 e. The third-order valence-corrected chi connectivity index (χ3v) is 4.51. The van der Waals surface area contributed by atoms with E-state index in [1.54, 1.807) is 28.9 Å². The van der Waals surface area contributed by atoms with E-state index in [1.165, 1.54) is 6.20 Å². The molecule has 2 aromatic carbocycles. The van der Waals surface area contributed by atoms with E-state index < -0.39 is 17.2 Å². The van der Waals surface area contributed by atoms with Crippen LogP contribution in [0, 0.1) is 0 Å². The van der Waals surface area contributed by atoms with Crippen molar-refractivity contribution in [2.45, 2.75) is 6.54 Å². The van der Waals surface area contributed by atoms with Gasteiger partial charge < -0.3 is 15.4 Å². The van der Waals surface area contributed by atoms with Crippen molar-refractivity contribution >= 4 is 34.2 Å². The molecule has 0 aliphatic heterocycles. The van der Waals surface area contributed by atoms with E-state index in [9.17, 15) is 14.7 Å². The molecule has 3 N–H and O–H groups in total. The number of fused-ring (bicyclic) bond motifs is 1. The molecule has 7 nitrogen and oxygen atoms in total. The van der Waals surface area contributed by atoms with Crippen LogP contribution in [-0.4, -0.2) is 25.8 Å². The first-order valence-electron chi connectivity index (χ1n) is 8.44. The third-order valence-electron chi connectivity index (χ3n) is 4.28. The molecule has 0 spiro atoms. The van der Waals surface area contributed by atoms with E-state index >= 15 is 0 Å². The van der Waals surface area contributed by atoms with E-state index in [0.717, 1.165) is 5.56 Å². The number of nitrogens with zero attached hydrogens (tertiary/aromatic N) is 2. The number of H-pyrrole nitrogens is 1. The molecule has 28 heavy (non-hydrogen) atoms. The van der Waals surface area contributed by atoms with Gasteiger partial charge in [0.2, 0.25) is 0 Å². The maximum absolute atomic E-state index is 12.5. The number of anilines is 1. The summed E-state index contributed by atoms with van der Waals surface area (Å²) in [4.78, 5) is 27.7. The van der Waals surface area contributed by atoms with E-state index in [1.807, 2.05) is 30.3 Å². The summed E-state index contributed by atoms with van der Waals surface area (Å²) < 4.78 is 1.56. The molecule has 0 radical (unpaired) electrons. The lowest BCUT2D eigenvalue weighted by Gasteiger charge is -2.08. The summed E-state index contributed by atoms with van der Waals surface area (Å²) >= 11 is 5.90. The molecule has 0 aliphatic rings. The Morgan fingerprint density at radius 2 is 1.96 bits per heavy atom. The minimum Gasteiger partial charge on any atom is -0.506 e. The molecular weight excluding hydrogens is 380 g/mol. The molecular formula is C20H15ClN4O3. The van der Waals surface area contributed by atoms with Gasteiger partial charge in [-0.15, -0.1) is 0 Å². The van der Waals surface area contributed by atoms with Gasteiger partial charge in [-0.3, -0.25) is 9.59 Å². The second-order valence-corrected chi connectivity index (χ2v) is 6.63. The second-order valence-electron chi connectivity index (χ2n) is 6.19. The molecule has 0 bridgehead atoms. The molecule has 4 rings (SSSR count). The van der Waals surface area contributed by atoms with Crippen molar-refractivity contribution in [3.63, 3.8) is 0 Å². The number of amides is 1. The summed E-state index contributed by atoms with van der Waals surface area (Å²) in [6, 6.07) is 16.1. The van der Waals surface area contributed by atoms with Crippen molar-refractivity contribution in [3.05, 3.63) is 87.3 Å². The lowest BCUT2D eigenvalue weighted by atomic mass is 10.2. The molecule has 2 heterocycles. The van der Waals surface area contributed by atoms with Crippen LogP contribution in [0.5, 0.6) is 5.75 Å². The van der Waals surface area contributed by atoms with Crippen molar-refractivity contribution in [3.8, 4) is 5.75 Å². The Bertz CT molecular complexity index is 1230. The van der Waals surface area contributed by atoms with Crippen LogP contribution in [0.1, 0.15) is 15.9 Å². The normalized spacial score (nSPS) is 10.9. The highest BCUT2D eigenvalue weighted by molar-refractivity contribution is 6.31. The molecule has 0 unspecified atom stereocenters. The zero-order chi connectivity index (χ0) is 19.7. The van der Waals surface area contributed by atoms with Crippen LogP contribution in [0.2, 0.25) is 5.02 Å². The summed E-state index contributed by atoms with van der Waals surface area (Å²) in [6.45, 7) is 0.410. The van der Waals surface area contributed by atoms with E-state index in [4.69, 9.17) is 11.6 Å². The Hall–Kier alpha value is -3.58. The van der Waals surface area contributed by atoms with Crippen LogP contribution in [0.4, 0.5) is 5.69 Å². The first-order valence-corrected chi connectivity index (χ1v) is 8.82. The maximum atomic E-state index is 12.5. The Balaban J connectivity index is 1.71. The van der Waals surface area contributed by atoms with Crippen molar-refractivity contribution in [1.29, 1.82) is 0 Å². The molecule has 2 aromatic heterocycles. The minimum atomic E-state index is -0.737. The first kappa shape index (κ1) is 17.8. The Morgan fingerprint density at radius 1 is 1.18 bits per heavy atom. The quantitative estimate of drug-likeness (QED) is 0.494. The van der Waals surface area contributed by atoms with Gasteiger partial charge in [-0.2, -0.15) is 5.10 Å². The van der Waals surface area contributed by atoms with Gasteiger partial charge in [-0.05, 0) is 23.8 Å². The average Bonchev–Trinajstić information content (AvgIpc) is 3.05. The van der Waals surface area contributed by atoms with Crippen molar-refractivity contribution in [2.24, 2.45) is 0 Å². The summed E-state index contributed by atoms with van der Waals surface area (Å²) in [7, 11) is 0. The average molecular weight is 395 g/mol. The van der Waals surface area contributed by atoms with Crippen molar-refractivity contribution in [2.75, 3.05) is 5.32 Å². The topological polar surface area (TPSA) is 100 Å². The molecule has 0 saturated carbocycles. The van der Waals surface area contributed by atoms with Crippen LogP contribution in [-0.2, 0) is 6.54 Å². The number of rotatable bonds is 4. The van der Waals surface area contributed by atoms with Crippen LogP contribution in [0.15, 0.2) is 65.6 Å². The SMILES string of the molecule is O=C(Nc1cccc(Cl)c1)c1c(O)c2cnn(Cc3ccccc3)c2[nH]c1=O. The second kappa shape index (κ2) is 7.21. The molecule has 140 valence electrons. The zero-order valence-electron chi connectivity index (χ0n) is 14.5. The number of aromatic hydroxyl groups is 1. The lowest BCUT2D eigenvalue weighted by molar-refractivity contribution is 0.102. The maximum Gasteiger partial charge on any atom is 0.266 e. The summed E-state index contributed by atoms with van der Waals surface area (Å²) in [6.07, 6.45) is 1.42. The van der Waals surface area contributed by atoms with Gasteiger partial charge in [0.05, 0.1) is 18.1 Å². The van der Waals surface area contributed by atoms with E-state index in [-0.39, 0.29) is 10.9 Å². The first-order chi connectivity index (χ1) is 13.5. The fourth-order valence-electron chi connectivity index (χ4n) is 2.95. The molecule has 8 heteroatoms. The fraction of sp³-hybridized carbons (Fsp3) is 0.0500. The van der Waals surface area contributed by atoms with Crippen LogP contribution in [0.3, 0.4) is 0 Å². The smallest absolute Gasteiger partial charge is 0.266 e. The Morgan fingerprint density at radius 3 is 2.71 bits per heavy atom. The summed E-state index contributed by atoms with van der Waals surface area (Å²) in [5.74, 6) is -1.16. The van der Waals surface area contributed by atoms with Crippen LogP contribution < -0.4 is 10.9 Å². The number of carbonyl (C=O) groups excluding carboxylic acids is 1. The number of aromatic amines is 1. The van der Waals surface area contributed by atoms with Crippen LogP contribution >= 0.6 is 11.6 Å². The third kappa shape index (κ3) is 3.35. The van der Waals surface area contributed by atoms with Gasteiger partial charge in [0.25, 0.3) is 11.5 Å². The van der Waals surface area contributed by atoms with Gasteiger partial charge in [-0.25, -0.2) is 4.68 Å². The minimum absolute atomic E-state index is 0.284. The van der Waals surface area contributed by atoms with E-state index in [2.05, 4.69) is 15.4 Å². The number of hydrogen-bond donors (Lipinski definition) is 3.